The summed E-state index contributed by atoms with van der Waals surface area (Å²) in [7, 11) is 3.08. The van der Waals surface area contributed by atoms with E-state index in [0.29, 0.717) is 29.4 Å². The van der Waals surface area contributed by atoms with Gasteiger partial charge in [-0.3, -0.25) is 4.79 Å². The van der Waals surface area contributed by atoms with E-state index in [1.807, 2.05) is 25.1 Å². The molecule has 0 amide bonds. The van der Waals surface area contributed by atoms with Crippen LogP contribution in [0.15, 0.2) is 30.3 Å². The van der Waals surface area contributed by atoms with Crippen LogP contribution in [0.5, 0.6) is 17.2 Å². The Hall–Kier alpha value is -3.22. The Morgan fingerprint density at radius 1 is 1.06 bits per heavy atom. The van der Waals surface area contributed by atoms with Gasteiger partial charge in [-0.25, -0.2) is 4.79 Å². The smallest absolute Gasteiger partial charge is 0.338 e. The zero-order valence-electron chi connectivity index (χ0n) is 18.6. The van der Waals surface area contributed by atoms with Crippen LogP contribution in [-0.4, -0.2) is 39.4 Å². The molecule has 0 aliphatic carbocycles. The fourth-order valence-electron chi connectivity index (χ4n) is 3.27. The van der Waals surface area contributed by atoms with Crippen molar-refractivity contribution in [1.29, 1.82) is 0 Å². The van der Waals surface area contributed by atoms with Gasteiger partial charge in [0.25, 0.3) is 0 Å². The molecule has 166 valence electrons. The molecular formula is C24H28O7. The average molecular weight is 428 g/mol. The number of fused-ring (bicyclic) bond motifs is 1. The van der Waals surface area contributed by atoms with Gasteiger partial charge >= 0.3 is 11.9 Å². The molecule has 1 heterocycles. The second kappa shape index (κ2) is 9.29. The molecule has 0 aromatic heterocycles. The van der Waals surface area contributed by atoms with Gasteiger partial charge < -0.3 is 23.7 Å². The van der Waals surface area contributed by atoms with Gasteiger partial charge in [0.05, 0.1) is 31.8 Å². The van der Waals surface area contributed by atoms with E-state index in [2.05, 4.69) is 0 Å². The highest BCUT2D eigenvalue weighted by molar-refractivity contribution is 5.94. The molecule has 0 saturated heterocycles. The molecule has 7 nitrogen and oxygen atoms in total. The van der Waals surface area contributed by atoms with Gasteiger partial charge in [0, 0.05) is 11.1 Å². The minimum Gasteiger partial charge on any atom is -0.493 e. The van der Waals surface area contributed by atoms with Crippen LogP contribution in [0.25, 0.3) is 11.1 Å². The third-order valence-electron chi connectivity index (χ3n) is 5.06. The van der Waals surface area contributed by atoms with E-state index in [1.165, 1.54) is 7.11 Å². The van der Waals surface area contributed by atoms with Gasteiger partial charge in [-0.1, -0.05) is 13.0 Å². The first kappa shape index (κ1) is 22.5. The number of carbonyl (C=O) groups excluding carboxylic acids is 2. The molecule has 2 aromatic carbocycles. The lowest BCUT2D eigenvalue weighted by Gasteiger charge is -2.25. The molecule has 0 fully saturated rings. The van der Waals surface area contributed by atoms with Crippen molar-refractivity contribution in [3.8, 4) is 28.4 Å². The van der Waals surface area contributed by atoms with Crippen LogP contribution in [0.4, 0.5) is 0 Å². The van der Waals surface area contributed by atoms with Gasteiger partial charge in [0.1, 0.15) is 13.2 Å². The van der Waals surface area contributed by atoms with Crippen molar-refractivity contribution in [2.24, 2.45) is 5.41 Å². The summed E-state index contributed by atoms with van der Waals surface area (Å²) < 4.78 is 27.6. The largest absolute Gasteiger partial charge is 0.493 e. The number of cyclic esters (lactones) is 1. The predicted molar refractivity (Wildman–Crippen MR) is 115 cm³/mol. The van der Waals surface area contributed by atoms with E-state index < -0.39 is 5.41 Å². The van der Waals surface area contributed by atoms with E-state index in [0.717, 1.165) is 23.1 Å². The fraction of sp³-hybridized carbons (Fsp3) is 0.417. The standard InChI is InChI=1S/C24H28O7/c1-6-11-29-23(26)24(2,3)14-31-20-17(9-10-19(27-4)21(20)28-5)15-7-8-18-16(12-15)13-30-22(18)25/h7-10,12H,6,11,13-14H2,1-5H3. The maximum atomic E-state index is 12.4. The van der Waals surface area contributed by atoms with Crippen molar-refractivity contribution >= 4 is 11.9 Å². The number of methoxy groups -OCH3 is 2. The van der Waals surface area contributed by atoms with Crippen LogP contribution < -0.4 is 14.2 Å². The molecule has 31 heavy (non-hydrogen) atoms. The number of carbonyl (C=O) groups is 2. The summed E-state index contributed by atoms with van der Waals surface area (Å²) in [5.41, 5.74) is 2.09. The summed E-state index contributed by atoms with van der Waals surface area (Å²) in [5, 5.41) is 0. The van der Waals surface area contributed by atoms with Crippen molar-refractivity contribution in [3.05, 3.63) is 41.5 Å². The molecule has 0 saturated carbocycles. The molecule has 3 rings (SSSR count). The molecule has 0 atom stereocenters. The number of benzene rings is 2. The zero-order valence-corrected chi connectivity index (χ0v) is 18.6. The first-order chi connectivity index (χ1) is 14.8. The monoisotopic (exact) mass is 428 g/mol. The van der Waals surface area contributed by atoms with Gasteiger partial charge in [0.2, 0.25) is 5.75 Å². The molecule has 0 bridgehead atoms. The summed E-state index contributed by atoms with van der Waals surface area (Å²) in [5.74, 6) is 0.727. The van der Waals surface area contributed by atoms with Crippen LogP contribution in [0, 0.1) is 5.41 Å². The van der Waals surface area contributed by atoms with Crippen molar-refractivity contribution < 1.29 is 33.3 Å². The maximum Gasteiger partial charge on any atom is 0.338 e. The molecule has 0 spiro atoms. The number of hydrogen-bond acceptors (Lipinski definition) is 7. The van der Waals surface area contributed by atoms with E-state index in [9.17, 15) is 9.59 Å². The Balaban J connectivity index is 1.98. The van der Waals surface area contributed by atoms with E-state index >= 15 is 0 Å². The predicted octanol–water partition coefficient (Wildman–Crippen LogP) is 4.40. The number of esters is 2. The Bertz CT molecular complexity index is 978. The van der Waals surface area contributed by atoms with Crippen LogP contribution in [0.1, 0.15) is 43.1 Å². The Labute approximate surface area is 182 Å². The summed E-state index contributed by atoms with van der Waals surface area (Å²) in [4.78, 5) is 24.2. The summed E-state index contributed by atoms with van der Waals surface area (Å²) in [6, 6.07) is 9.12. The lowest BCUT2D eigenvalue weighted by atomic mass is 9.95. The quantitative estimate of drug-likeness (QED) is 0.548. The topological polar surface area (TPSA) is 80.3 Å². The van der Waals surface area contributed by atoms with Crippen LogP contribution in [0.2, 0.25) is 0 Å². The molecule has 2 aromatic rings. The van der Waals surface area contributed by atoms with Crippen molar-refractivity contribution in [3.63, 3.8) is 0 Å². The van der Waals surface area contributed by atoms with Crippen LogP contribution >= 0.6 is 0 Å². The third-order valence-corrected chi connectivity index (χ3v) is 5.06. The van der Waals surface area contributed by atoms with Crippen molar-refractivity contribution in [1.82, 2.24) is 0 Å². The van der Waals surface area contributed by atoms with Crippen molar-refractivity contribution in [2.45, 2.75) is 33.8 Å². The van der Waals surface area contributed by atoms with E-state index in [4.69, 9.17) is 23.7 Å². The average Bonchev–Trinajstić information content (AvgIpc) is 3.15. The lowest BCUT2D eigenvalue weighted by Crippen LogP contribution is -2.33. The van der Waals surface area contributed by atoms with Gasteiger partial charge in [-0.15, -0.1) is 0 Å². The van der Waals surface area contributed by atoms with Crippen molar-refractivity contribution in [2.75, 3.05) is 27.4 Å². The fourth-order valence-corrected chi connectivity index (χ4v) is 3.27. The first-order valence-corrected chi connectivity index (χ1v) is 10.2. The normalized spacial score (nSPS) is 12.7. The van der Waals surface area contributed by atoms with Crippen LogP contribution in [0.3, 0.4) is 0 Å². The number of rotatable bonds is 9. The molecule has 1 aliphatic heterocycles. The third kappa shape index (κ3) is 4.60. The lowest BCUT2D eigenvalue weighted by molar-refractivity contribution is -0.155. The molecule has 0 unspecified atom stereocenters. The highest BCUT2D eigenvalue weighted by Crippen LogP contribution is 2.45. The van der Waals surface area contributed by atoms with Gasteiger partial charge in [-0.05, 0) is 50.1 Å². The molecule has 1 aliphatic rings. The second-order valence-corrected chi connectivity index (χ2v) is 7.93. The maximum absolute atomic E-state index is 12.4. The highest BCUT2D eigenvalue weighted by atomic mass is 16.6. The first-order valence-electron chi connectivity index (χ1n) is 10.2. The Morgan fingerprint density at radius 3 is 2.48 bits per heavy atom. The number of ether oxygens (including phenoxy) is 5. The van der Waals surface area contributed by atoms with E-state index in [1.54, 1.807) is 33.1 Å². The molecular weight excluding hydrogens is 400 g/mol. The molecule has 0 radical (unpaired) electrons. The van der Waals surface area contributed by atoms with E-state index in [-0.39, 0.29) is 25.2 Å². The van der Waals surface area contributed by atoms with Crippen LogP contribution in [-0.2, 0) is 20.9 Å². The summed E-state index contributed by atoms with van der Waals surface area (Å²) in [6.45, 7) is 6.18. The minimum atomic E-state index is -0.862. The summed E-state index contributed by atoms with van der Waals surface area (Å²) in [6.07, 6.45) is 0.751. The zero-order chi connectivity index (χ0) is 22.6. The molecule has 0 N–H and O–H groups in total. The van der Waals surface area contributed by atoms with Gasteiger partial charge in [0.15, 0.2) is 11.5 Å². The Morgan fingerprint density at radius 2 is 1.81 bits per heavy atom. The second-order valence-electron chi connectivity index (χ2n) is 7.93. The SMILES string of the molecule is CCCOC(=O)C(C)(C)COc1c(-c2ccc3c(c2)COC3=O)ccc(OC)c1OC. The minimum absolute atomic E-state index is 0.0820. The Kier molecular flexibility index (Phi) is 6.73. The highest BCUT2D eigenvalue weighted by Gasteiger charge is 2.32. The van der Waals surface area contributed by atoms with Gasteiger partial charge in [-0.2, -0.15) is 0 Å². The molecule has 7 heteroatoms. The number of hydrogen-bond donors (Lipinski definition) is 0. The summed E-state index contributed by atoms with van der Waals surface area (Å²) >= 11 is 0.